The summed E-state index contributed by atoms with van der Waals surface area (Å²) < 4.78 is 0. The van der Waals surface area contributed by atoms with E-state index in [1.807, 2.05) is 13.0 Å². The second-order valence-corrected chi connectivity index (χ2v) is 6.39. The monoisotopic (exact) mass is 337 g/mol. The minimum atomic E-state index is -1.28. The topological polar surface area (TPSA) is 82.1 Å². The Morgan fingerprint density at radius 2 is 2.05 bits per heavy atom. The van der Waals surface area contributed by atoms with Crippen molar-refractivity contribution >= 4 is 40.5 Å². The number of nitrogens with zero attached hydrogens (tertiary/aromatic N) is 1. The first-order valence-corrected chi connectivity index (χ1v) is 7.74. The largest absolute Gasteiger partial charge is 0.544 e. The van der Waals surface area contributed by atoms with Gasteiger partial charge in [-0.1, -0.05) is 17.7 Å². The highest BCUT2D eigenvalue weighted by molar-refractivity contribution is 7.13. The fourth-order valence-electron chi connectivity index (χ4n) is 1.87. The van der Waals surface area contributed by atoms with E-state index in [1.165, 1.54) is 0 Å². The quantitative estimate of drug-likeness (QED) is 0.929. The molecule has 1 atom stereocenters. The predicted octanol–water partition coefficient (Wildman–Crippen LogP) is 2.52. The Hall–Kier alpha value is -1.92. The molecule has 0 fully saturated rings. The summed E-state index contributed by atoms with van der Waals surface area (Å²) in [5.74, 6) is -2.13. The average molecular weight is 338 g/mol. The lowest BCUT2D eigenvalue weighted by atomic mass is 10.1. The zero-order valence-electron chi connectivity index (χ0n) is 12.3. The molecule has 0 spiro atoms. The summed E-state index contributed by atoms with van der Waals surface area (Å²) in [5, 5.41) is 14.7. The van der Waals surface area contributed by atoms with Crippen molar-refractivity contribution in [1.29, 1.82) is 0 Å². The number of rotatable bonds is 4. The van der Waals surface area contributed by atoms with Crippen LogP contribution in [-0.2, 0) is 4.79 Å². The normalized spacial score (nSPS) is 12.0. The molecule has 2 aromatic rings. The number of amides is 1. The van der Waals surface area contributed by atoms with Crippen molar-refractivity contribution in [3.8, 4) is 0 Å². The molecule has 1 aromatic carbocycles. The lowest BCUT2D eigenvalue weighted by Gasteiger charge is -2.12. The molecular formula is C15H14ClN2O3S-. The fourth-order valence-corrected chi connectivity index (χ4v) is 3.00. The first-order chi connectivity index (χ1) is 10.3. The number of carboxylic acids is 1. The van der Waals surface area contributed by atoms with E-state index < -0.39 is 11.9 Å². The molecule has 0 saturated carbocycles. The van der Waals surface area contributed by atoms with Gasteiger partial charge in [0.1, 0.15) is 5.01 Å². The van der Waals surface area contributed by atoms with Gasteiger partial charge in [-0.3, -0.25) is 4.79 Å². The molecule has 1 heterocycles. The van der Waals surface area contributed by atoms with Gasteiger partial charge in [-0.25, -0.2) is 4.98 Å². The molecule has 2 rings (SSSR count). The van der Waals surface area contributed by atoms with E-state index in [-0.39, 0.29) is 10.8 Å². The van der Waals surface area contributed by atoms with Crippen LogP contribution in [0.1, 0.15) is 38.8 Å². The average Bonchev–Trinajstić information content (AvgIpc) is 2.84. The lowest BCUT2D eigenvalue weighted by Crippen LogP contribution is -2.21. The highest BCUT2D eigenvalue weighted by atomic mass is 35.5. The molecule has 1 amide bonds. The lowest BCUT2D eigenvalue weighted by molar-refractivity contribution is -0.254. The number of nitrogens with one attached hydrogen (secondary N) is 1. The van der Waals surface area contributed by atoms with Crippen LogP contribution in [0.5, 0.6) is 0 Å². The van der Waals surface area contributed by atoms with Crippen LogP contribution in [0.4, 0.5) is 5.69 Å². The SMILES string of the molecule is Cc1ccc(Cl)cc1NC(=O)[C@H](C)c1nc(C)c(C(=O)[O-])s1. The van der Waals surface area contributed by atoms with Gasteiger partial charge in [0, 0.05) is 10.7 Å². The summed E-state index contributed by atoms with van der Waals surface area (Å²) in [6, 6.07) is 5.22. The number of aromatic nitrogens is 1. The summed E-state index contributed by atoms with van der Waals surface area (Å²) in [5.41, 5.74) is 1.87. The van der Waals surface area contributed by atoms with E-state index >= 15 is 0 Å². The van der Waals surface area contributed by atoms with Crippen LogP contribution in [0, 0.1) is 13.8 Å². The number of aromatic carboxylic acids is 1. The van der Waals surface area contributed by atoms with Gasteiger partial charge < -0.3 is 15.2 Å². The molecule has 0 radical (unpaired) electrons. The maximum absolute atomic E-state index is 12.3. The van der Waals surface area contributed by atoms with Gasteiger partial charge in [0.25, 0.3) is 0 Å². The Balaban J connectivity index is 2.20. The molecule has 116 valence electrons. The van der Waals surface area contributed by atoms with Gasteiger partial charge in [-0.15, -0.1) is 11.3 Å². The van der Waals surface area contributed by atoms with E-state index in [0.717, 1.165) is 16.9 Å². The number of hydrogen-bond donors (Lipinski definition) is 1. The van der Waals surface area contributed by atoms with Crippen LogP contribution in [0.3, 0.4) is 0 Å². The summed E-state index contributed by atoms with van der Waals surface area (Å²) in [6.45, 7) is 5.11. The molecular weight excluding hydrogens is 324 g/mol. The van der Waals surface area contributed by atoms with Crippen molar-refractivity contribution < 1.29 is 14.7 Å². The smallest absolute Gasteiger partial charge is 0.234 e. The molecule has 1 N–H and O–H groups in total. The van der Waals surface area contributed by atoms with Crippen LogP contribution >= 0.6 is 22.9 Å². The zero-order chi connectivity index (χ0) is 16.4. The van der Waals surface area contributed by atoms with Crippen LogP contribution in [0.2, 0.25) is 5.02 Å². The second kappa shape index (κ2) is 6.46. The standard InChI is InChI=1S/C15H15ClN2O3S/c1-7-4-5-10(16)6-11(7)18-13(19)8(2)14-17-9(3)12(22-14)15(20)21/h4-6,8H,1-3H3,(H,18,19)(H,20,21)/p-1/t8-/m0/s1. The number of halogens is 1. The fraction of sp³-hybridized carbons (Fsp3) is 0.267. The highest BCUT2D eigenvalue weighted by Gasteiger charge is 2.21. The van der Waals surface area contributed by atoms with Crippen LogP contribution in [-0.4, -0.2) is 16.9 Å². The third-order valence-electron chi connectivity index (χ3n) is 3.22. The first kappa shape index (κ1) is 16.5. The van der Waals surface area contributed by atoms with Crippen LogP contribution in [0.15, 0.2) is 18.2 Å². The van der Waals surface area contributed by atoms with Gasteiger partial charge >= 0.3 is 0 Å². The van der Waals surface area contributed by atoms with E-state index in [4.69, 9.17) is 11.6 Å². The number of carbonyl (C=O) groups is 2. The number of aryl methyl sites for hydroxylation is 2. The number of thiazole rings is 1. The third-order valence-corrected chi connectivity index (χ3v) is 4.78. The predicted molar refractivity (Wildman–Crippen MR) is 84.4 cm³/mol. The number of hydrogen-bond acceptors (Lipinski definition) is 5. The Kier molecular flexibility index (Phi) is 4.83. The van der Waals surface area contributed by atoms with Gasteiger partial charge in [0.15, 0.2) is 0 Å². The molecule has 5 nitrogen and oxygen atoms in total. The highest BCUT2D eigenvalue weighted by Crippen LogP contribution is 2.27. The van der Waals surface area contributed by atoms with Crippen molar-refractivity contribution in [2.75, 3.05) is 5.32 Å². The Labute approximate surface area is 137 Å². The molecule has 0 unspecified atom stereocenters. The van der Waals surface area contributed by atoms with E-state index in [9.17, 15) is 14.7 Å². The molecule has 0 aliphatic rings. The van der Waals surface area contributed by atoms with Crippen molar-refractivity contribution in [2.45, 2.75) is 26.7 Å². The van der Waals surface area contributed by atoms with Crippen LogP contribution < -0.4 is 10.4 Å². The zero-order valence-corrected chi connectivity index (χ0v) is 13.8. The number of carbonyl (C=O) groups excluding carboxylic acids is 2. The van der Waals surface area contributed by atoms with Crippen molar-refractivity contribution in [3.05, 3.63) is 44.4 Å². The summed E-state index contributed by atoms with van der Waals surface area (Å²) in [7, 11) is 0. The van der Waals surface area contributed by atoms with Gasteiger partial charge in [-0.05, 0) is 38.5 Å². The summed E-state index contributed by atoms with van der Waals surface area (Å²) >= 11 is 6.88. The first-order valence-electron chi connectivity index (χ1n) is 6.55. The molecule has 7 heteroatoms. The van der Waals surface area contributed by atoms with E-state index in [1.54, 1.807) is 26.0 Å². The Morgan fingerprint density at radius 1 is 1.36 bits per heavy atom. The van der Waals surface area contributed by atoms with Crippen LogP contribution in [0.25, 0.3) is 0 Å². The molecule has 0 bridgehead atoms. The van der Waals surface area contributed by atoms with Gasteiger partial charge in [-0.2, -0.15) is 0 Å². The summed E-state index contributed by atoms with van der Waals surface area (Å²) in [4.78, 5) is 27.5. The van der Waals surface area contributed by atoms with Gasteiger partial charge in [0.2, 0.25) is 5.91 Å². The van der Waals surface area contributed by atoms with Crippen molar-refractivity contribution in [3.63, 3.8) is 0 Å². The van der Waals surface area contributed by atoms with E-state index in [0.29, 0.717) is 21.4 Å². The Morgan fingerprint density at radius 3 is 2.64 bits per heavy atom. The molecule has 0 aliphatic carbocycles. The second-order valence-electron chi connectivity index (χ2n) is 4.92. The number of carboxylic acid groups (broad SMARTS) is 1. The summed E-state index contributed by atoms with van der Waals surface area (Å²) in [6.07, 6.45) is 0. The third kappa shape index (κ3) is 3.45. The van der Waals surface area contributed by atoms with Crippen molar-refractivity contribution in [2.24, 2.45) is 0 Å². The molecule has 22 heavy (non-hydrogen) atoms. The Bertz CT molecular complexity index is 742. The molecule has 0 saturated heterocycles. The maximum Gasteiger partial charge on any atom is 0.234 e. The van der Waals surface area contributed by atoms with Gasteiger partial charge in [0.05, 0.1) is 22.5 Å². The molecule has 1 aromatic heterocycles. The maximum atomic E-state index is 12.3. The number of benzene rings is 1. The number of anilines is 1. The van der Waals surface area contributed by atoms with Crippen molar-refractivity contribution in [1.82, 2.24) is 4.98 Å². The van der Waals surface area contributed by atoms with E-state index in [2.05, 4.69) is 10.3 Å². The minimum absolute atomic E-state index is 0.0496. The minimum Gasteiger partial charge on any atom is -0.544 e. The molecule has 0 aliphatic heterocycles.